The summed E-state index contributed by atoms with van der Waals surface area (Å²) in [5.74, 6) is 0.00293. The van der Waals surface area contributed by atoms with Crippen LogP contribution in [0.25, 0.3) is 0 Å². The van der Waals surface area contributed by atoms with Crippen LogP contribution < -0.4 is 10.6 Å². The predicted octanol–water partition coefficient (Wildman–Crippen LogP) is 1.17. The highest BCUT2D eigenvalue weighted by atomic mass is 16.5. The lowest BCUT2D eigenvalue weighted by molar-refractivity contribution is -0.127. The summed E-state index contributed by atoms with van der Waals surface area (Å²) in [7, 11) is 1.59. The normalized spacial score (nSPS) is 17.9. The van der Waals surface area contributed by atoms with E-state index in [1.807, 2.05) is 18.2 Å². The zero-order valence-corrected chi connectivity index (χ0v) is 15.0. The Labute approximate surface area is 149 Å². The van der Waals surface area contributed by atoms with Crippen molar-refractivity contribution in [3.05, 3.63) is 35.9 Å². The number of hydrogen-bond donors (Lipinski definition) is 2. The molecular weight excluding hydrogens is 318 g/mol. The van der Waals surface area contributed by atoms with Crippen molar-refractivity contribution in [1.82, 2.24) is 15.5 Å². The molecule has 0 aromatic heterocycles. The first kappa shape index (κ1) is 19.4. The summed E-state index contributed by atoms with van der Waals surface area (Å²) >= 11 is 0. The molecule has 2 N–H and O–H groups in total. The number of amides is 2. The van der Waals surface area contributed by atoms with Crippen LogP contribution >= 0.6 is 0 Å². The molecule has 138 valence electrons. The Kier molecular flexibility index (Phi) is 8.42. The SMILES string of the molecule is COCCNC(=O)CCNC(=O)[C@H]1CCCN(Cc2ccccc2)C1. The fourth-order valence-corrected chi connectivity index (χ4v) is 3.08. The van der Waals surface area contributed by atoms with E-state index in [9.17, 15) is 9.59 Å². The van der Waals surface area contributed by atoms with Crippen LogP contribution in [0.2, 0.25) is 0 Å². The van der Waals surface area contributed by atoms with Gasteiger partial charge in [0, 0.05) is 39.7 Å². The molecule has 25 heavy (non-hydrogen) atoms. The molecule has 1 fully saturated rings. The summed E-state index contributed by atoms with van der Waals surface area (Å²) < 4.78 is 4.88. The van der Waals surface area contributed by atoms with Gasteiger partial charge in [-0.2, -0.15) is 0 Å². The summed E-state index contributed by atoms with van der Waals surface area (Å²) in [5, 5.41) is 5.65. The molecular formula is C19H29N3O3. The molecule has 0 aliphatic carbocycles. The van der Waals surface area contributed by atoms with E-state index in [4.69, 9.17) is 4.74 Å². The summed E-state index contributed by atoms with van der Waals surface area (Å²) in [4.78, 5) is 26.3. The largest absolute Gasteiger partial charge is 0.383 e. The second kappa shape index (κ2) is 10.8. The van der Waals surface area contributed by atoms with E-state index >= 15 is 0 Å². The minimum absolute atomic E-state index is 0.00835. The van der Waals surface area contributed by atoms with Crippen LogP contribution in [0.4, 0.5) is 0 Å². The number of benzene rings is 1. The Hall–Kier alpha value is -1.92. The van der Waals surface area contributed by atoms with Gasteiger partial charge in [0.15, 0.2) is 0 Å². The van der Waals surface area contributed by atoms with Gasteiger partial charge in [0.2, 0.25) is 11.8 Å². The topological polar surface area (TPSA) is 70.7 Å². The molecule has 0 unspecified atom stereocenters. The third-order valence-corrected chi connectivity index (χ3v) is 4.40. The number of nitrogens with zero attached hydrogens (tertiary/aromatic N) is 1. The molecule has 1 heterocycles. The van der Waals surface area contributed by atoms with Crippen LogP contribution in [0.5, 0.6) is 0 Å². The van der Waals surface area contributed by atoms with Crippen molar-refractivity contribution in [2.45, 2.75) is 25.8 Å². The van der Waals surface area contributed by atoms with Gasteiger partial charge in [-0.25, -0.2) is 0 Å². The van der Waals surface area contributed by atoms with Crippen LogP contribution in [0.15, 0.2) is 30.3 Å². The molecule has 1 aliphatic rings. The third-order valence-electron chi connectivity index (χ3n) is 4.40. The van der Waals surface area contributed by atoms with Crippen LogP contribution in [0.1, 0.15) is 24.8 Å². The van der Waals surface area contributed by atoms with Crippen molar-refractivity contribution in [3.63, 3.8) is 0 Å². The molecule has 1 aromatic rings. The van der Waals surface area contributed by atoms with Gasteiger partial charge in [0.05, 0.1) is 12.5 Å². The van der Waals surface area contributed by atoms with Crippen LogP contribution in [-0.2, 0) is 20.9 Å². The van der Waals surface area contributed by atoms with Gasteiger partial charge in [-0.3, -0.25) is 14.5 Å². The molecule has 0 spiro atoms. The fourth-order valence-electron chi connectivity index (χ4n) is 3.08. The average molecular weight is 347 g/mol. The van der Waals surface area contributed by atoms with Gasteiger partial charge in [0.1, 0.15) is 0 Å². The fraction of sp³-hybridized carbons (Fsp3) is 0.579. The van der Waals surface area contributed by atoms with Crippen LogP contribution in [0, 0.1) is 5.92 Å². The summed E-state index contributed by atoms with van der Waals surface area (Å²) in [6.07, 6.45) is 2.25. The maximum absolute atomic E-state index is 12.3. The van der Waals surface area contributed by atoms with Crippen molar-refractivity contribution >= 4 is 11.8 Å². The number of ether oxygens (including phenoxy) is 1. The maximum Gasteiger partial charge on any atom is 0.224 e. The van der Waals surface area contributed by atoms with Gasteiger partial charge in [0.25, 0.3) is 0 Å². The Morgan fingerprint density at radius 1 is 1.20 bits per heavy atom. The molecule has 1 aliphatic heterocycles. The van der Waals surface area contributed by atoms with Gasteiger partial charge in [-0.05, 0) is 24.9 Å². The quantitative estimate of drug-likeness (QED) is 0.658. The third kappa shape index (κ3) is 7.23. The molecule has 0 bridgehead atoms. The average Bonchev–Trinajstić information content (AvgIpc) is 2.63. The molecule has 2 rings (SSSR count). The van der Waals surface area contributed by atoms with E-state index in [2.05, 4.69) is 27.7 Å². The minimum atomic E-state index is -0.0632. The van der Waals surface area contributed by atoms with Gasteiger partial charge < -0.3 is 15.4 Å². The van der Waals surface area contributed by atoms with Crippen LogP contribution in [0.3, 0.4) is 0 Å². The number of nitrogens with one attached hydrogen (secondary N) is 2. The second-order valence-corrected chi connectivity index (χ2v) is 6.44. The van der Waals surface area contributed by atoms with Crippen molar-refractivity contribution in [3.8, 4) is 0 Å². The minimum Gasteiger partial charge on any atom is -0.383 e. The van der Waals surface area contributed by atoms with Gasteiger partial charge >= 0.3 is 0 Å². The Bertz CT molecular complexity index is 536. The van der Waals surface area contributed by atoms with Gasteiger partial charge in [-0.1, -0.05) is 30.3 Å². The molecule has 2 amide bonds. The lowest BCUT2D eigenvalue weighted by atomic mass is 9.96. The molecule has 0 radical (unpaired) electrons. The highest BCUT2D eigenvalue weighted by Gasteiger charge is 2.25. The second-order valence-electron chi connectivity index (χ2n) is 6.44. The maximum atomic E-state index is 12.3. The lowest BCUT2D eigenvalue weighted by Crippen LogP contribution is -2.43. The molecule has 1 atom stereocenters. The zero-order valence-electron chi connectivity index (χ0n) is 15.0. The number of piperidine rings is 1. The van der Waals surface area contributed by atoms with E-state index in [-0.39, 0.29) is 17.7 Å². The van der Waals surface area contributed by atoms with Gasteiger partial charge in [-0.15, -0.1) is 0 Å². The zero-order chi connectivity index (χ0) is 17.9. The van der Waals surface area contributed by atoms with Crippen molar-refractivity contribution < 1.29 is 14.3 Å². The van der Waals surface area contributed by atoms with Crippen LogP contribution in [-0.4, -0.2) is 56.6 Å². The summed E-state index contributed by atoms with van der Waals surface area (Å²) in [6.45, 7) is 4.07. The molecule has 1 aromatic carbocycles. The summed E-state index contributed by atoms with van der Waals surface area (Å²) in [5.41, 5.74) is 1.27. The van der Waals surface area contributed by atoms with E-state index < -0.39 is 0 Å². The molecule has 0 saturated carbocycles. The Morgan fingerprint density at radius 2 is 2.00 bits per heavy atom. The molecule has 6 heteroatoms. The highest BCUT2D eigenvalue weighted by Crippen LogP contribution is 2.18. The molecule has 1 saturated heterocycles. The first-order chi connectivity index (χ1) is 12.2. The van der Waals surface area contributed by atoms with E-state index in [0.29, 0.717) is 26.1 Å². The van der Waals surface area contributed by atoms with E-state index in [0.717, 1.165) is 32.5 Å². The highest BCUT2D eigenvalue weighted by molar-refractivity contribution is 5.80. The number of methoxy groups -OCH3 is 1. The number of hydrogen-bond acceptors (Lipinski definition) is 4. The summed E-state index contributed by atoms with van der Waals surface area (Å²) in [6, 6.07) is 10.3. The van der Waals surface area contributed by atoms with E-state index in [1.54, 1.807) is 7.11 Å². The predicted molar refractivity (Wildman–Crippen MR) is 97.0 cm³/mol. The van der Waals surface area contributed by atoms with E-state index in [1.165, 1.54) is 5.56 Å². The number of carbonyl (C=O) groups is 2. The number of likely N-dealkylation sites (tertiary alicyclic amines) is 1. The Balaban J connectivity index is 1.68. The monoisotopic (exact) mass is 347 g/mol. The standard InChI is InChI=1S/C19H29N3O3/c1-25-13-11-20-18(23)9-10-21-19(24)17-8-5-12-22(15-17)14-16-6-3-2-4-7-16/h2-4,6-7,17H,5,8-15H2,1H3,(H,20,23)(H,21,24)/t17-/m0/s1. The number of rotatable bonds is 9. The smallest absolute Gasteiger partial charge is 0.224 e. The first-order valence-corrected chi connectivity index (χ1v) is 8.98. The lowest BCUT2D eigenvalue weighted by Gasteiger charge is -2.32. The van der Waals surface area contributed by atoms with Crippen molar-refractivity contribution in [2.24, 2.45) is 5.92 Å². The van der Waals surface area contributed by atoms with Crippen molar-refractivity contribution in [2.75, 3.05) is 39.9 Å². The van der Waals surface area contributed by atoms with Crippen molar-refractivity contribution in [1.29, 1.82) is 0 Å². The number of carbonyl (C=O) groups excluding carboxylic acids is 2. The molecule has 6 nitrogen and oxygen atoms in total. The first-order valence-electron chi connectivity index (χ1n) is 8.98. The Morgan fingerprint density at radius 3 is 2.76 bits per heavy atom.